The number of pyridine rings is 1. The molecule has 0 saturated carbocycles. The first kappa shape index (κ1) is 18.1. The van der Waals surface area contributed by atoms with Crippen molar-refractivity contribution < 1.29 is 8.42 Å². The maximum Gasteiger partial charge on any atom is 0.248 e. The molecule has 1 aliphatic rings. The number of H-pyrrole nitrogens is 1. The van der Waals surface area contributed by atoms with Crippen molar-refractivity contribution >= 4 is 20.9 Å². The average Bonchev–Trinajstić information content (AvgIpc) is 2.54. The van der Waals surface area contributed by atoms with Crippen molar-refractivity contribution in [1.29, 1.82) is 0 Å². The first-order valence-electron chi connectivity index (χ1n) is 8.77. The molecule has 1 aromatic heterocycles. The van der Waals surface area contributed by atoms with Crippen LogP contribution in [0.5, 0.6) is 0 Å². The first-order chi connectivity index (χ1) is 11.9. The molecule has 25 heavy (non-hydrogen) atoms. The minimum Gasteiger partial charge on any atom is -0.322 e. The van der Waals surface area contributed by atoms with Crippen molar-refractivity contribution in [3.8, 4) is 0 Å². The smallest absolute Gasteiger partial charge is 0.248 e. The molecule has 0 spiro atoms. The van der Waals surface area contributed by atoms with Crippen molar-refractivity contribution in [3.05, 3.63) is 40.2 Å². The van der Waals surface area contributed by atoms with Crippen molar-refractivity contribution in [2.45, 2.75) is 44.0 Å². The van der Waals surface area contributed by atoms with E-state index in [1.54, 1.807) is 18.2 Å². The van der Waals surface area contributed by atoms with E-state index in [0.717, 1.165) is 49.8 Å². The van der Waals surface area contributed by atoms with Gasteiger partial charge in [0.15, 0.2) is 0 Å². The maximum absolute atomic E-state index is 12.8. The second kappa shape index (κ2) is 7.27. The van der Waals surface area contributed by atoms with E-state index < -0.39 is 10.0 Å². The Kier molecular flexibility index (Phi) is 5.27. The van der Waals surface area contributed by atoms with Crippen LogP contribution >= 0.6 is 0 Å². The van der Waals surface area contributed by atoms with E-state index in [2.05, 4.69) is 21.5 Å². The number of likely N-dealkylation sites (tertiary alicyclic amines) is 1. The van der Waals surface area contributed by atoms with Gasteiger partial charge in [0.25, 0.3) is 0 Å². The van der Waals surface area contributed by atoms with Crippen LogP contribution in [0.15, 0.2) is 34.0 Å². The Labute approximate surface area is 148 Å². The molecule has 0 bridgehead atoms. The second-order valence-electron chi connectivity index (χ2n) is 6.79. The summed E-state index contributed by atoms with van der Waals surface area (Å²) in [7, 11) is -3.59. The van der Waals surface area contributed by atoms with Crippen LogP contribution in [-0.4, -0.2) is 44.0 Å². The Hall–Kier alpha value is -1.70. The first-order valence-corrected chi connectivity index (χ1v) is 10.3. The zero-order valence-corrected chi connectivity index (χ0v) is 15.5. The number of hydrogen-bond donors (Lipinski definition) is 2. The van der Waals surface area contributed by atoms with Gasteiger partial charge in [0.1, 0.15) is 0 Å². The third-order valence-electron chi connectivity index (χ3n) is 4.70. The minimum atomic E-state index is -3.59. The van der Waals surface area contributed by atoms with Crippen LogP contribution in [-0.2, 0) is 10.0 Å². The summed E-state index contributed by atoms with van der Waals surface area (Å²) < 4.78 is 28.4. The summed E-state index contributed by atoms with van der Waals surface area (Å²) in [5.41, 5.74) is 1.23. The van der Waals surface area contributed by atoms with Crippen LogP contribution in [0, 0.1) is 6.92 Å². The molecule has 0 radical (unpaired) electrons. The predicted molar refractivity (Wildman–Crippen MR) is 99.4 cm³/mol. The molecule has 6 nitrogen and oxygen atoms in total. The molecule has 1 atom stereocenters. The van der Waals surface area contributed by atoms with Crippen LogP contribution in [0.4, 0.5) is 0 Å². The number of nitrogens with zero attached hydrogens (tertiary/aromatic N) is 1. The third kappa shape index (κ3) is 4.11. The van der Waals surface area contributed by atoms with Gasteiger partial charge in [-0.1, -0.05) is 6.92 Å². The normalized spacial score (nSPS) is 19.4. The molecule has 1 aliphatic heterocycles. The Bertz CT molecular complexity index is 919. The van der Waals surface area contributed by atoms with Gasteiger partial charge in [-0.2, -0.15) is 0 Å². The monoisotopic (exact) mass is 363 g/mol. The van der Waals surface area contributed by atoms with Crippen molar-refractivity contribution in [2.24, 2.45) is 0 Å². The number of sulfonamides is 1. The summed E-state index contributed by atoms with van der Waals surface area (Å²) in [4.78, 5) is 16.8. The van der Waals surface area contributed by atoms with E-state index in [0.29, 0.717) is 5.52 Å². The zero-order chi connectivity index (χ0) is 18.0. The highest BCUT2D eigenvalue weighted by Gasteiger charge is 2.25. The molecule has 0 amide bonds. The van der Waals surface area contributed by atoms with Gasteiger partial charge < -0.3 is 9.88 Å². The van der Waals surface area contributed by atoms with E-state index >= 15 is 0 Å². The van der Waals surface area contributed by atoms with E-state index in [-0.39, 0.29) is 16.5 Å². The van der Waals surface area contributed by atoms with Crippen LogP contribution in [0.3, 0.4) is 0 Å². The standard InChI is InChI=1S/C18H25N3O3S/c1-3-8-21-9-4-5-14(12-21)20-25(23,24)15-6-7-17-16(11-15)13(2)10-18(22)19-17/h6-7,10-11,14,20H,3-5,8-9,12H2,1-2H3,(H,19,22). The lowest BCUT2D eigenvalue weighted by atomic mass is 10.1. The highest BCUT2D eigenvalue weighted by atomic mass is 32.2. The number of aromatic nitrogens is 1. The van der Waals surface area contributed by atoms with Gasteiger partial charge in [0.05, 0.1) is 4.90 Å². The average molecular weight is 363 g/mol. The summed E-state index contributed by atoms with van der Waals surface area (Å²) in [5, 5.41) is 0.749. The van der Waals surface area contributed by atoms with Gasteiger partial charge in [-0.05, 0) is 63.0 Å². The quantitative estimate of drug-likeness (QED) is 0.851. The highest BCUT2D eigenvalue weighted by molar-refractivity contribution is 7.89. The lowest BCUT2D eigenvalue weighted by Gasteiger charge is -2.32. The molecule has 0 aliphatic carbocycles. The van der Waals surface area contributed by atoms with Gasteiger partial charge in [-0.3, -0.25) is 4.79 Å². The number of benzene rings is 1. The van der Waals surface area contributed by atoms with Gasteiger partial charge in [0.2, 0.25) is 15.6 Å². The fourth-order valence-corrected chi connectivity index (χ4v) is 4.81. The van der Waals surface area contributed by atoms with Crippen molar-refractivity contribution in [1.82, 2.24) is 14.6 Å². The largest absolute Gasteiger partial charge is 0.322 e. The Morgan fingerprint density at radius 1 is 1.32 bits per heavy atom. The minimum absolute atomic E-state index is 0.0577. The summed E-state index contributed by atoms with van der Waals surface area (Å²) in [6.45, 7) is 6.74. The number of aromatic amines is 1. The number of rotatable bonds is 5. The number of aryl methyl sites for hydroxylation is 1. The van der Waals surface area contributed by atoms with Gasteiger partial charge in [-0.25, -0.2) is 13.1 Å². The molecule has 7 heteroatoms. The number of fused-ring (bicyclic) bond motifs is 1. The van der Waals surface area contributed by atoms with Gasteiger partial charge in [0, 0.05) is 29.6 Å². The molecule has 1 fully saturated rings. The van der Waals surface area contributed by atoms with Crippen LogP contribution < -0.4 is 10.3 Å². The fraction of sp³-hybridized carbons (Fsp3) is 0.500. The third-order valence-corrected chi connectivity index (χ3v) is 6.22. The highest BCUT2D eigenvalue weighted by Crippen LogP contribution is 2.21. The molecule has 1 saturated heterocycles. The molecule has 3 rings (SSSR count). The Morgan fingerprint density at radius 2 is 2.12 bits per heavy atom. The predicted octanol–water partition coefficient (Wildman–Crippen LogP) is 1.99. The molecule has 1 unspecified atom stereocenters. The van der Waals surface area contributed by atoms with Crippen LogP contribution in [0.25, 0.3) is 10.9 Å². The molecule has 2 N–H and O–H groups in total. The molecule has 2 heterocycles. The Morgan fingerprint density at radius 3 is 2.88 bits per heavy atom. The van der Waals surface area contributed by atoms with Crippen molar-refractivity contribution in [3.63, 3.8) is 0 Å². The Balaban J connectivity index is 1.84. The molecular weight excluding hydrogens is 338 g/mol. The number of piperidine rings is 1. The van der Waals surface area contributed by atoms with Crippen molar-refractivity contribution in [2.75, 3.05) is 19.6 Å². The summed E-state index contributed by atoms with van der Waals surface area (Å²) >= 11 is 0. The van der Waals surface area contributed by atoms with Gasteiger partial charge in [-0.15, -0.1) is 0 Å². The molecule has 136 valence electrons. The molecule has 2 aromatic rings. The molecule has 1 aromatic carbocycles. The number of hydrogen-bond acceptors (Lipinski definition) is 4. The van der Waals surface area contributed by atoms with E-state index in [9.17, 15) is 13.2 Å². The van der Waals surface area contributed by atoms with Gasteiger partial charge >= 0.3 is 0 Å². The summed E-state index contributed by atoms with van der Waals surface area (Å²) in [6, 6.07) is 6.26. The lowest BCUT2D eigenvalue weighted by molar-refractivity contribution is 0.202. The maximum atomic E-state index is 12.8. The van der Waals surface area contributed by atoms with E-state index in [1.165, 1.54) is 6.07 Å². The van der Waals surface area contributed by atoms with Crippen LogP contribution in [0.1, 0.15) is 31.7 Å². The number of nitrogens with one attached hydrogen (secondary N) is 2. The summed E-state index contributed by atoms with van der Waals surface area (Å²) in [5.74, 6) is 0. The fourth-order valence-electron chi connectivity index (χ4n) is 3.53. The second-order valence-corrected chi connectivity index (χ2v) is 8.50. The zero-order valence-electron chi connectivity index (χ0n) is 14.7. The lowest BCUT2D eigenvalue weighted by Crippen LogP contribution is -2.47. The van der Waals surface area contributed by atoms with Crippen LogP contribution in [0.2, 0.25) is 0 Å². The molecular formula is C18H25N3O3S. The summed E-state index contributed by atoms with van der Waals surface area (Å²) in [6.07, 6.45) is 2.94. The SMILES string of the molecule is CCCN1CCCC(NS(=O)(=O)c2ccc3[nH]c(=O)cc(C)c3c2)C1. The van der Waals surface area contributed by atoms with E-state index in [4.69, 9.17) is 0 Å². The topological polar surface area (TPSA) is 82.3 Å². The van der Waals surface area contributed by atoms with E-state index in [1.807, 2.05) is 6.92 Å².